The maximum Gasteiger partial charge on any atom is 0.273 e. The zero-order valence-corrected chi connectivity index (χ0v) is 11.8. The van der Waals surface area contributed by atoms with Crippen LogP contribution in [0.4, 0.5) is 5.69 Å². The summed E-state index contributed by atoms with van der Waals surface area (Å²) in [6, 6.07) is 11.4. The monoisotopic (exact) mass is 288 g/mol. The lowest BCUT2D eigenvalue weighted by atomic mass is 10.1. The Balaban J connectivity index is 2.38. The van der Waals surface area contributed by atoms with Gasteiger partial charge >= 0.3 is 0 Å². The third kappa shape index (κ3) is 3.29. The molecule has 0 saturated carbocycles. The van der Waals surface area contributed by atoms with Crippen LogP contribution in [0.1, 0.15) is 18.5 Å². The number of benzene rings is 2. The summed E-state index contributed by atoms with van der Waals surface area (Å²) in [7, 11) is 1.43. The molecule has 0 aliphatic heterocycles. The standard InChI is InChI=1S/C15H16N2O4/c1-10(16)12-5-3-4-6-13(12)21-14-8-7-11(17(18)19)9-15(14)20-2/h3-10H,16H2,1-2H3/t10-/m1/s1. The molecule has 0 heterocycles. The predicted octanol–water partition coefficient (Wildman–Crippen LogP) is 3.42. The van der Waals surface area contributed by atoms with E-state index in [0.29, 0.717) is 17.2 Å². The van der Waals surface area contributed by atoms with Gasteiger partial charge in [0.1, 0.15) is 5.75 Å². The molecule has 2 aromatic carbocycles. The smallest absolute Gasteiger partial charge is 0.273 e. The number of methoxy groups -OCH3 is 1. The van der Waals surface area contributed by atoms with E-state index in [0.717, 1.165) is 5.56 Å². The van der Waals surface area contributed by atoms with Crippen molar-refractivity contribution in [1.29, 1.82) is 0 Å². The summed E-state index contributed by atoms with van der Waals surface area (Å²) in [5, 5.41) is 10.8. The van der Waals surface area contributed by atoms with Crippen LogP contribution in [0.25, 0.3) is 0 Å². The summed E-state index contributed by atoms with van der Waals surface area (Å²) in [5.41, 5.74) is 6.69. The molecule has 0 aliphatic carbocycles. The second-order valence-corrected chi connectivity index (χ2v) is 4.52. The molecule has 0 aromatic heterocycles. The highest BCUT2D eigenvalue weighted by Gasteiger charge is 2.15. The first-order valence-corrected chi connectivity index (χ1v) is 6.37. The van der Waals surface area contributed by atoms with Crippen molar-refractivity contribution in [3.8, 4) is 17.2 Å². The maximum atomic E-state index is 10.8. The second kappa shape index (κ2) is 6.23. The topological polar surface area (TPSA) is 87.6 Å². The number of hydrogen-bond donors (Lipinski definition) is 1. The highest BCUT2D eigenvalue weighted by atomic mass is 16.6. The fraction of sp³-hybridized carbons (Fsp3) is 0.200. The van der Waals surface area contributed by atoms with E-state index in [4.69, 9.17) is 15.2 Å². The minimum atomic E-state index is -0.484. The van der Waals surface area contributed by atoms with Gasteiger partial charge in [0.15, 0.2) is 11.5 Å². The van der Waals surface area contributed by atoms with Crippen molar-refractivity contribution in [2.45, 2.75) is 13.0 Å². The van der Waals surface area contributed by atoms with Crippen LogP contribution in [0.3, 0.4) is 0 Å². The number of non-ortho nitro benzene ring substituents is 1. The van der Waals surface area contributed by atoms with E-state index in [9.17, 15) is 10.1 Å². The normalized spacial score (nSPS) is 11.8. The molecule has 2 aromatic rings. The van der Waals surface area contributed by atoms with E-state index in [1.165, 1.54) is 25.3 Å². The van der Waals surface area contributed by atoms with Crippen molar-refractivity contribution >= 4 is 5.69 Å². The molecule has 0 aliphatic rings. The summed E-state index contributed by atoms with van der Waals surface area (Å²) in [5.74, 6) is 1.29. The van der Waals surface area contributed by atoms with Gasteiger partial charge in [0.25, 0.3) is 5.69 Å². The summed E-state index contributed by atoms with van der Waals surface area (Å²) in [6.07, 6.45) is 0. The average Bonchev–Trinajstić information content (AvgIpc) is 2.47. The molecule has 0 saturated heterocycles. The predicted molar refractivity (Wildman–Crippen MR) is 78.8 cm³/mol. The SMILES string of the molecule is COc1cc([N+](=O)[O-])ccc1Oc1ccccc1[C@@H](C)N. The van der Waals surface area contributed by atoms with Crippen LogP contribution in [-0.2, 0) is 0 Å². The highest BCUT2D eigenvalue weighted by Crippen LogP contribution is 2.36. The molecule has 0 bridgehead atoms. The number of hydrogen-bond acceptors (Lipinski definition) is 5. The first-order chi connectivity index (χ1) is 10.0. The molecule has 0 fully saturated rings. The number of ether oxygens (including phenoxy) is 2. The fourth-order valence-electron chi connectivity index (χ4n) is 1.92. The molecule has 21 heavy (non-hydrogen) atoms. The van der Waals surface area contributed by atoms with Crippen LogP contribution in [-0.4, -0.2) is 12.0 Å². The van der Waals surface area contributed by atoms with Gasteiger partial charge in [0.2, 0.25) is 0 Å². The Bertz CT molecular complexity index is 656. The van der Waals surface area contributed by atoms with Crippen LogP contribution in [0, 0.1) is 10.1 Å². The van der Waals surface area contributed by atoms with Gasteiger partial charge < -0.3 is 15.2 Å². The molecule has 6 heteroatoms. The highest BCUT2D eigenvalue weighted by molar-refractivity contribution is 5.51. The van der Waals surface area contributed by atoms with Gasteiger partial charge in [-0.15, -0.1) is 0 Å². The van der Waals surface area contributed by atoms with E-state index in [2.05, 4.69) is 0 Å². The molecule has 1 atom stereocenters. The Hall–Kier alpha value is -2.60. The lowest BCUT2D eigenvalue weighted by Gasteiger charge is -2.15. The zero-order chi connectivity index (χ0) is 15.4. The van der Waals surface area contributed by atoms with Crippen molar-refractivity contribution in [2.75, 3.05) is 7.11 Å². The minimum absolute atomic E-state index is 0.0559. The lowest BCUT2D eigenvalue weighted by Crippen LogP contribution is -2.06. The zero-order valence-electron chi connectivity index (χ0n) is 11.8. The summed E-state index contributed by atoms with van der Waals surface area (Å²) in [6.45, 7) is 1.86. The van der Waals surface area contributed by atoms with Gasteiger partial charge in [0, 0.05) is 17.7 Å². The summed E-state index contributed by atoms with van der Waals surface area (Å²) >= 11 is 0. The number of nitro benzene ring substituents is 1. The summed E-state index contributed by atoms with van der Waals surface area (Å²) in [4.78, 5) is 10.3. The maximum absolute atomic E-state index is 10.8. The number of nitrogens with zero attached hydrogens (tertiary/aromatic N) is 1. The van der Waals surface area contributed by atoms with Crippen molar-refractivity contribution in [2.24, 2.45) is 5.73 Å². The van der Waals surface area contributed by atoms with Gasteiger partial charge in [0.05, 0.1) is 18.1 Å². The number of nitrogens with two attached hydrogens (primary N) is 1. The molecule has 0 unspecified atom stereocenters. The van der Waals surface area contributed by atoms with Crippen LogP contribution < -0.4 is 15.2 Å². The fourth-order valence-corrected chi connectivity index (χ4v) is 1.92. The molecule has 110 valence electrons. The number of nitro groups is 1. The van der Waals surface area contributed by atoms with Crippen LogP contribution >= 0.6 is 0 Å². The van der Waals surface area contributed by atoms with E-state index in [1.807, 2.05) is 25.1 Å². The molecule has 2 rings (SSSR count). The first-order valence-electron chi connectivity index (χ1n) is 6.37. The van der Waals surface area contributed by atoms with Gasteiger partial charge in [-0.3, -0.25) is 10.1 Å². The third-order valence-electron chi connectivity index (χ3n) is 2.99. The van der Waals surface area contributed by atoms with Crippen molar-refractivity contribution in [1.82, 2.24) is 0 Å². The largest absolute Gasteiger partial charge is 0.493 e. The van der Waals surface area contributed by atoms with Crippen molar-refractivity contribution in [3.63, 3.8) is 0 Å². The quantitative estimate of drug-likeness (QED) is 0.672. The van der Waals surface area contributed by atoms with E-state index < -0.39 is 4.92 Å². The van der Waals surface area contributed by atoms with Crippen LogP contribution in [0.5, 0.6) is 17.2 Å². The molecule has 0 radical (unpaired) electrons. The molecule has 0 spiro atoms. The summed E-state index contributed by atoms with van der Waals surface area (Å²) < 4.78 is 10.9. The first kappa shape index (κ1) is 14.8. The van der Waals surface area contributed by atoms with Crippen molar-refractivity contribution in [3.05, 3.63) is 58.1 Å². The number of rotatable bonds is 5. The number of para-hydroxylation sites is 1. The van der Waals surface area contributed by atoms with E-state index >= 15 is 0 Å². The Morgan fingerprint density at radius 3 is 2.48 bits per heavy atom. The van der Waals surface area contributed by atoms with Gasteiger partial charge in [-0.05, 0) is 19.1 Å². The molecule has 2 N–H and O–H groups in total. The van der Waals surface area contributed by atoms with Crippen LogP contribution in [0.2, 0.25) is 0 Å². The Morgan fingerprint density at radius 2 is 1.86 bits per heavy atom. The third-order valence-corrected chi connectivity index (χ3v) is 2.99. The van der Waals surface area contributed by atoms with Crippen LogP contribution in [0.15, 0.2) is 42.5 Å². The Morgan fingerprint density at radius 1 is 1.14 bits per heavy atom. The minimum Gasteiger partial charge on any atom is -0.493 e. The average molecular weight is 288 g/mol. The lowest BCUT2D eigenvalue weighted by molar-refractivity contribution is -0.384. The Kier molecular flexibility index (Phi) is 4.39. The van der Waals surface area contributed by atoms with Gasteiger partial charge in [-0.1, -0.05) is 18.2 Å². The van der Waals surface area contributed by atoms with E-state index in [1.54, 1.807) is 6.07 Å². The molecular weight excluding hydrogens is 272 g/mol. The Labute approximate surface area is 122 Å². The second-order valence-electron chi connectivity index (χ2n) is 4.52. The molecular formula is C15H16N2O4. The van der Waals surface area contributed by atoms with Gasteiger partial charge in [-0.2, -0.15) is 0 Å². The van der Waals surface area contributed by atoms with E-state index in [-0.39, 0.29) is 11.7 Å². The van der Waals surface area contributed by atoms with Gasteiger partial charge in [-0.25, -0.2) is 0 Å². The molecule has 0 amide bonds. The molecule has 6 nitrogen and oxygen atoms in total. The van der Waals surface area contributed by atoms with Crippen molar-refractivity contribution < 1.29 is 14.4 Å².